The van der Waals surface area contributed by atoms with E-state index in [1.807, 2.05) is 6.07 Å². The van der Waals surface area contributed by atoms with Crippen molar-refractivity contribution in [3.8, 4) is 5.75 Å². The molecule has 0 aliphatic carbocycles. The minimum Gasteiger partial charge on any atom is -0.490 e. The van der Waals surface area contributed by atoms with Gasteiger partial charge >= 0.3 is 0 Å². The molecule has 3 heteroatoms. The van der Waals surface area contributed by atoms with E-state index < -0.39 is 0 Å². The van der Waals surface area contributed by atoms with Gasteiger partial charge in [-0.15, -0.1) is 0 Å². The molecule has 0 amide bonds. The van der Waals surface area contributed by atoms with Crippen LogP contribution in [0.2, 0.25) is 0 Å². The van der Waals surface area contributed by atoms with Crippen LogP contribution in [0.5, 0.6) is 5.75 Å². The molecule has 0 saturated heterocycles. The van der Waals surface area contributed by atoms with Crippen molar-refractivity contribution in [2.24, 2.45) is 5.92 Å². The Hall–Kier alpha value is -1.09. The smallest absolute Gasteiger partial charge is 0.127 e. The van der Waals surface area contributed by atoms with E-state index in [1.165, 1.54) is 12.1 Å². The molecule has 19 heavy (non-hydrogen) atoms. The fraction of sp³-hybridized carbons (Fsp3) is 0.625. The van der Waals surface area contributed by atoms with Gasteiger partial charge < -0.3 is 10.1 Å². The molecule has 1 aromatic carbocycles. The Bertz CT molecular complexity index is 421. The van der Waals surface area contributed by atoms with Crippen molar-refractivity contribution in [1.29, 1.82) is 0 Å². The molecule has 0 radical (unpaired) electrons. The predicted molar refractivity (Wildman–Crippen MR) is 75.9 cm³/mol. The lowest BCUT2D eigenvalue weighted by Crippen LogP contribution is -2.36. The lowest BCUT2D eigenvalue weighted by Gasteiger charge is -2.35. The first-order chi connectivity index (χ1) is 9.15. The molecule has 3 atom stereocenters. The van der Waals surface area contributed by atoms with Crippen molar-refractivity contribution in [2.75, 3.05) is 6.54 Å². The van der Waals surface area contributed by atoms with Gasteiger partial charge in [-0.2, -0.15) is 0 Å². The third-order valence-corrected chi connectivity index (χ3v) is 3.93. The second kappa shape index (κ2) is 6.38. The zero-order chi connectivity index (χ0) is 13.8. The summed E-state index contributed by atoms with van der Waals surface area (Å²) in [5.41, 5.74) is 1.09. The normalized spacial score (nSPS) is 23.6. The van der Waals surface area contributed by atoms with Crippen LogP contribution in [0.1, 0.15) is 51.6 Å². The summed E-state index contributed by atoms with van der Waals surface area (Å²) in [6, 6.07) is 5.16. The SMILES string of the molecule is CCCC(C)C1CC(NCC)c2ccc(F)cc2O1. The molecule has 0 aromatic heterocycles. The Morgan fingerprint density at radius 1 is 1.42 bits per heavy atom. The van der Waals surface area contributed by atoms with Crippen molar-refractivity contribution in [3.63, 3.8) is 0 Å². The highest BCUT2D eigenvalue weighted by Crippen LogP contribution is 2.38. The van der Waals surface area contributed by atoms with Crippen LogP contribution < -0.4 is 10.1 Å². The largest absolute Gasteiger partial charge is 0.490 e. The summed E-state index contributed by atoms with van der Waals surface area (Å²) in [5.74, 6) is 0.991. The monoisotopic (exact) mass is 265 g/mol. The molecular formula is C16H24FNO. The van der Waals surface area contributed by atoms with Crippen LogP contribution >= 0.6 is 0 Å². The van der Waals surface area contributed by atoms with Gasteiger partial charge in [0.1, 0.15) is 17.7 Å². The molecule has 106 valence electrons. The van der Waals surface area contributed by atoms with Crippen molar-refractivity contribution in [1.82, 2.24) is 5.32 Å². The third kappa shape index (κ3) is 3.27. The van der Waals surface area contributed by atoms with E-state index >= 15 is 0 Å². The molecule has 1 heterocycles. The molecule has 0 saturated carbocycles. The van der Waals surface area contributed by atoms with Gasteiger partial charge in [-0.3, -0.25) is 0 Å². The first-order valence-corrected chi connectivity index (χ1v) is 7.35. The van der Waals surface area contributed by atoms with Crippen LogP contribution in [0.25, 0.3) is 0 Å². The fourth-order valence-corrected chi connectivity index (χ4v) is 2.90. The predicted octanol–water partition coefficient (Wildman–Crippen LogP) is 4.06. The van der Waals surface area contributed by atoms with E-state index in [2.05, 4.69) is 26.1 Å². The molecule has 0 spiro atoms. The molecule has 1 aliphatic rings. The molecular weight excluding hydrogens is 241 g/mol. The Labute approximate surface area is 115 Å². The molecule has 3 unspecified atom stereocenters. The van der Waals surface area contributed by atoms with Gasteiger partial charge in [0.05, 0.1) is 0 Å². The molecule has 1 aliphatic heterocycles. The van der Waals surface area contributed by atoms with Crippen LogP contribution in [-0.2, 0) is 0 Å². The zero-order valence-electron chi connectivity index (χ0n) is 12.1. The van der Waals surface area contributed by atoms with Gasteiger partial charge in [0.25, 0.3) is 0 Å². The van der Waals surface area contributed by atoms with Crippen molar-refractivity contribution in [3.05, 3.63) is 29.6 Å². The van der Waals surface area contributed by atoms with E-state index in [1.54, 1.807) is 0 Å². The summed E-state index contributed by atoms with van der Waals surface area (Å²) < 4.78 is 19.4. The first-order valence-electron chi connectivity index (χ1n) is 7.35. The number of rotatable bonds is 5. The van der Waals surface area contributed by atoms with E-state index in [9.17, 15) is 4.39 Å². The fourth-order valence-electron chi connectivity index (χ4n) is 2.90. The maximum absolute atomic E-state index is 13.4. The number of hydrogen-bond donors (Lipinski definition) is 1. The summed E-state index contributed by atoms with van der Waals surface area (Å²) in [4.78, 5) is 0. The highest BCUT2D eigenvalue weighted by Gasteiger charge is 2.30. The van der Waals surface area contributed by atoms with Gasteiger partial charge in [-0.25, -0.2) is 4.39 Å². The summed E-state index contributed by atoms with van der Waals surface area (Å²) in [7, 11) is 0. The number of halogens is 1. The lowest BCUT2D eigenvalue weighted by atomic mass is 9.88. The number of benzene rings is 1. The minimum atomic E-state index is -0.224. The number of hydrogen-bond acceptors (Lipinski definition) is 2. The second-order valence-electron chi connectivity index (χ2n) is 5.45. The molecule has 2 rings (SSSR count). The molecule has 2 nitrogen and oxygen atoms in total. The Balaban J connectivity index is 2.23. The maximum Gasteiger partial charge on any atom is 0.127 e. The quantitative estimate of drug-likeness (QED) is 0.866. The third-order valence-electron chi connectivity index (χ3n) is 3.93. The molecule has 0 bridgehead atoms. The highest BCUT2D eigenvalue weighted by atomic mass is 19.1. The first kappa shape index (κ1) is 14.3. The van der Waals surface area contributed by atoms with E-state index in [4.69, 9.17) is 4.74 Å². The van der Waals surface area contributed by atoms with Gasteiger partial charge in [0.15, 0.2) is 0 Å². The van der Waals surface area contributed by atoms with Crippen molar-refractivity contribution < 1.29 is 9.13 Å². The topological polar surface area (TPSA) is 21.3 Å². The van der Waals surface area contributed by atoms with Crippen LogP contribution in [0.4, 0.5) is 4.39 Å². The van der Waals surface area contributed by atoms with Crippen LogP contribution in [0.15, 0.2) is 18.2 Å². The van der Waals surface area contributed by atoms with Gasteiger partial charge in [0, 0.05) is 24.1 Å². The second-order valence-corrected chi connectivity index (χ2v) is 5.45. The average Bonchev–Trinajstić information content (AvgIpc) is 2.38. The minimum absolute atomic E-state index is 0.179. The number of ether oxygens (including phenoxy) is 1. The van der Waals surface area contributed by atoms with Crippen LogP contribution in [-0.4, -0.2) is 12.6 Å². The lowest BCUT2D eigenvalue weighted by molar-refractivity contribution is 0.0953. The number of nitrogens with one attached hydrogen (secondary N) is 1. The molecule has 1 aromatic rings. The van der Waals surface area contributed by atoms with Crippen LogP contribution in [0, 0.1) is 11.7 Å². The standard InChI is InChI=1S/C16H24FNO/c1-4-6-11(3)15-10-14(18-5-2)13-8-7-12(17)9-16(13)19-15/h7-9,11,14-15,18H,4-6,10H2,1-3H3. The number of fused-ring (bicyclic) bond motifs is 1. The Kier molecular flexibility index (Phi) is 4.81. The maximum atomic E-state index is 13.4. The Morgan fingerprint density at radius 3 is 2.89 bits per heavy atom. The van der Waals surface area contributed by atoms with Crippen LogP contribution in [0.3, 0.4) is 0 Å². The van der Waals surface area contributed by atoms with E-state index in [0.29, 0.717) is 11.7 Å². The summed E-state index contributed by atoms with van der Waals surface area (Å²) in [6.45, 7) is 7.43. The Morgan fingerprint density at radius 2 is 2.21 bits per heavy atom. The van der Waals surface area contributed by atoms with Gasteiger partial charge in [-0.05, 0) is 24.9 Å². The van der Waals surface area contributed by atoms with Gasteiger partial charge in [-0.1, -0.05) is 33.3 Å². The van der Waals surface area contributed by atoms with Gasteiger partial charge in [0.2, 0.25) is 0 Å². The van der Waals surface area contributed by atoms with Crippen molar-refractivity contribution >= 4 is 0 Å². The average molecular weight is 265 g/mol. The highest BCUT2D eigenvalue weighted by molar-refractivity contribution is 5.38. The summed E-state index contributed by atoms with van der Waals surface area (Å²) in [6.07, 6.45) is 3.45. The summed E-state index contributed by atoms with van der Waals surface area (Å²) >= 11 is 0. The zero-order valence-corrected chi connectivity index (χ0v) is 12.1. The summed E-state index contributed by atoms with van der Waals surface area (Å²) in [5, 5.41) is 3.48. The molecule has 1 N–H and O–H groups in total. The van der Waals surface area contributed by atoms with Crippen molar-refractivity contribution in [2.45, 2.75) is 52.2 Å². The van der Waals surface area contributed by atoms with E-state index in [-0.39, 0.29) is 18.0 Å². The molecule has 0 fully saturated rings. The van der Waals surface area contributed by atoms with E-state index in [0.717, 1.165) is 31.4 Å².